The number of nitrogens with one attached hydrogen (secondary N) is 1. The maximum atomic E-state index is 14.2. The number of carbonyl (C=O) groups excluding carboxylic acids is 1. The molecular weight excluding hydrogens is 415 g/mol. The van der Waals surface area contributed by atoms with Crippen molar-refractivity contribution in [3.63, 3.8) is 0 Å². The Kier molecular flexibility index (Phi) is 7.17. The molecule has 2 heterocycles. The normalized spacial score (nSPS) is 23.1. The van der Waals surface area contributed by atoms with Gasteiger partial charge in [0.25, 0.3) is 5.91 Å². The Morgan fingerprint density at radius 1 is 1.34 bits per heavy atom. The molecule has 1 amide bonds. The number of rotatable bonds is 7. The molecule has 0 radical (unpaired) electrons. The lowest BCUT2D eigenvalue weighted by Crippen LogP contribution is -2.33. The molecule has 32 heavy (non-hydrogen) atoms. The van der Waals surface area contributed by atoms with Gasteiger partial charge in [-0.15, -0.1) is 0 Å². The number of carbonyl (C=O) groups is 1. The Bertz CT molecular complexity index is 964. The number of aromatic nitrogens is 1. The Hall–Kier alpha value is -2.55. The lowest BCUT2D eigenvalue weighted by Gasteiger charge is -2.26. The second-order valence-corrected chi connectivity index (χ2v) is 8.64. The van der Waals surface area contributed by atoms with Crippen LogP contribution >= 0.6 is 0 Å². The molecule has 0 aliphatic carbocycles. The molecule has 3 rings (SSSR count). The first-order valence-electron chi connectivity index (χ1n) is 10.8. The van der Waals surface area contributed by atoms with E-state index < -0.39 is 24.4 Å². The fraction of sp³-hybridized carbons (Fsp3) is 0.500. The molecule has 1 aliphatic heterocycles. The van der Waals surface area contributed by atoms with Gasteiger partial charge >= 0.3 is 0 Å². The van der Waals surface area contributed by atoms with Crippen molar-refractivity contribution in [2.45, 2.75) is 58.3 Å². The Balaban J connectivity index is 1.93. The molecule has 1 aliphatic rings. The highest BCUT2D eigenvalue weighted by Gasteiger charge is 2.51. The third kappa shape index (κ3) is 4.62. The smallest absolute Gasteiger partial charge is 0.254 e. The molecule has 4 atom stereocenters. The van der Waals surface area contributed by atoms with Crippen LogP contribution < -0.4 is 10.1 Å². The van der Waals surface area contributed by atoms with E-state index in [2.05, 4.69) is 10.3 Å². The average Bonchev–Trinajstić information content (AvgIpc) is 3.01. The number of anilines is 1. The van der Waals surface area contributed by atoms with Crippen LogP contribution in [-0.2, 0) is 9.53 Å². The second-order valence-electron chi connectivity index (χ2n) is 8.64. The summed E-state index contributed by atoms with van der Waals surface area (Å²) in [5, 5.41) is 21.5. The Morgan fingerprint density at radius 3 is 2.66 bits per heavy atom. The average molecular weight is 447 g/mol. The fourth-order valence-electron chi connectivity index (χ4n) is 4.12. The molecule has 8 heteroatoms. The van der Waals surface area contributed by atoms with Gasteiger partial charge < -0.3 is 25.0 Å². The molecular formula is C24H31FN2O5. The topological polar surface area (TPSA) is 101 Å². The van der Waals surface area contributed by atoms with Crippen LogP contribution in [-0.4, -0.2) is 46.0 Å². The Morgan fingerprint density at radius 2 is 2.06 bits per heavy atom. The lowest BCUT2D eigenvalue weighted by molar-refractivity contribution is -0.131. The van der Waals surface area contributed by atoms with E-state index in [0.717, 1.165) is 5.56 Å². The van der Waals surface area contributed by atoms with Gasteiger partial charge in [0.1, 0.15) is 23.8 Å². The lowest BCUT2D eigenvalue weighted by atomic mass is 9.77. The maximum Gasteiger partial charge on any atom is 0.254 e. The third-order valence-corrected chi connectivity index (χ3v) is 6.24. The fourth-order valence-corrected chi connectivity index (χ4v) is 4.12. The summed E-state index contributed by atoms with van der Waals surface area (Å²) in [5.41, 5.74) is 1.29. The summed E-state index contributed by atoms with van der Waals surface area (Å²) in [4.78, 5) is 17.3. The molecule has 1 aromatic heterocycles. The molecule has 1 aromatic carbocycles. The van der Waals surface area contributed by atoms with Crippen LogP contribution in [0.15, 0.2) is 30.5 Å². The summed E-state index contributed by atoms with van der Waals surface area (Å²) in [6, 6.07) is 6.21. The summed E-state index contributed by atoms with van der Waals surface area (Å²) < 4.78 is 26.2. The summed E-state index contributed by atoms with van der Waals surface area (Å²) in [6.45, 7) is 9.31. The summed E-state index contributed by atoms with van der Waals surface area (Å²) >= 11 is 0. The molecule has 0 unspecified atom stereocenters. The van der Waals surface area contributed by atoms with Crippen molar-refractivity contribution >= 4 is 11.6 Å². The van der Waals surface area contributed by atoms with Gasteiger partial charge in [0, 0.05) is 17.0 Å². The van der Waals surface area contributed by atoms with Crippen LogP contribution in [0.1, 0.15) is 56.5 Å². The number of hydrogen-bond donors (Lipinski definition) is 3. The molecule has 0 bridgehead atoms. The van der Waals surface area contributed by atoms with Gasteiger partial charge in [0.15, 0.2) is 0 Å². The predicted octanol–water partition coefficient (Wildman–Crippen LogP) is 3.49. The van der Waals surface area contributed by atoms with Crippen LogP contribution in [0.2, 0.25) is 0 Å². The molecule has 0 spiro atoms. The van der Waals surface area contributed by atoms with Crippen molar-refractivity contribution in [2.24, 2.45) is 5.92 Å². The number of pyridine rings is 1. The molecule has 7 nitrogen and oxygen atoms in total. The highest BCUT2D eigenvalue weighted by Crippen LogP contribution is 2.49. The minimum atomic E-state index is -1.08. The first-order chi connectivity index (χ1) is 15.1. The van der Waals surface area contributed by atoms with Gasteiger partial charge in [0.05, 0.1) is 36.4 Å². The third-order valence-electron chi connectivity index (χ3n) is 6.24. The van der Waals surface area contributed by atoms with Gasteiger partial charge in [-0.25, -0.2) is 4.39 Å². The number of benzene rings is 1. The van der Waals surface area contributed by atoms with E-state index in [1.165, 1.54) is 18.3 Å². The zero-order chi connectivity index (χ0) is 23.6. The first-order valence-corrected chi connectivity index (χ1v) is 10.8. The minimum Gasteiger partial charge on any atom is -0.493 e. The van der Waals surface area contributed by atoms with Crippen LogP contribution in [0.4, 0.5) is 10.1 Å². The van der Waals surface area contributed by atoms with Crippen molar-refractivity contribution in [2.75, 3.05) is 18.5 Å². The van der Waals surface area contributed by atoms with Gasteiger partial charge in [0.2, 0.25) is 0 Å². The van der Waals surface area contributed by atoms with E-state index >= 15 is 0 Å². The van der Waals surface area contributed by atoms with E-state index in [1.54, 1.807) is 19.1 Å². The largest absolute Gasteiger partial charge is 0.493 e. The van der Waals surface area contributed by atoms with E-state index in [4.69, 9.17) is 14.6 Å². The van der Waals surface area contributed by atoms with Crippen LogP contribution in [0.25, 0.3) is 0 Å². The van der Waals surface area contributed by atoms with Gasteiger partial charge in [-0.3, -0.25) is 9.78 Å². The number of hydrogen-bond acceptors (Lipinski definition) is 6. The number of amides is 1. The molecule has 3 N–H and O–H groups in total. The highest BCUT2D eigenvalue weighted by molar-refractivity contribution is 5.95. The van der Waals surface area contributed by atoms with Crippen LogP contribution in [0.3, 0.4) is 0 Å². The standard InChI is InChI=1S/C24H31FN2O5/c1-6-31-21-13(2)17(25)9-8-16(21)20-14(3)24(4,5)32-22(20)23(30)27-15-7-10-18(26-11-15)19(29)12-28/h7-11,14,19-20,22,28-29H,6,12H2,1-5H3,(H,27,30)/t14-,19-,20-,22+/m1/s1. The molecule has 2 aromatic rings. The molecule has 1 fully saturated rings. The molecule has 174 valence electrons. The first kappa shape index (κ1) is 24.1. The SMILES string of the molecule is CCOc1c([C@@H]2[C@@H](C(=O)Nc3ccc([C@H](O)CO)nc3)OC(C)(C)[C@@H]2C)ccc(F)c1C. The van der Waals surface area contributed by atoms with E-state index in [-0.39, 0.29) is 23.6 Å². The number of nitrogens with zero attached hydrogens (tertiary/aromatic N) is 1. The van der Waals surface area contributed by atoms with Crippen LogP contribution in [0.5, 0.6) is 5.75 Å². The van der Waals surface area contributed by atoms with E-state index in [1.807, 2.05) is 27.7 Å². The number of ether oxygens (including phenoxy) is 2. The minimum absolute atomic E-state index is 0.0532. The molecule has 0 saturated carbocycles. The van der Waals surface area contributed by atoms with Crippen molar-refractivity contribution in [1.82, 2.24) is 4.98 Å². The van der Waals surface area contributed by atoms with Crippen molar-refractivity contribution < 1.29 is 28.9 Å². The quantitative estimate of drug-likeness (QED) is 0.602. The maximum absolute atomic E-state index is 14.2. The zero-order valence-corrected chi connectivity index (χ0v) is 19.1. The van der Waals surface area contributed by atoms with Crippen LogP contribution in [0, 0.1) is 18.7 Å². The zero-order valence-electron chi connectivity index (χ0n) is 19.1. The number of aliphatic hydroxyl groups excluding tert-OH is 2. The number of halogens is 1. The van der Waals surface area contributed by atoms with Gasteiger partial charge in [-0.2, -0.15) is 0 Å². The van der Waals surface area contributed by atoms with Crippen molar-refractivity contribution in [3.05, 3.63) is 53.1 Å². The van der Waals surface area contributed by atoms with Gasteiger partial charge in [-0.05, 0) is 51.8 Å². The summed E-state index contributed by atoms with van der Waals surface area (Å²) in [5.74, 6) is -0.668. The summed E-state index contributed by atoms with van der Waals surface area (Å²) in [6.07, 6.45) is -0.493. The predicted molar refractivity (Wildman–Crippen MR) is 118 cm³/mol. The van der Waals surface area contributed by atoms with Gasteiger partial charge in [-0.1, -0.05) is 13.0 Å². The van der Waals surface area contributed by atoms with E-state index in [9.17, 15) is 14.3 Å². The Labute approximate surface area is 187 Å². The second kappa shape index (κ2) is 9.52. The highest BCUT2D eigenvalue weighted by atomic mass is 19.1. The van der Waals surface area contributed by atoms with Crippen molar-refractivity contribution in [1.29, 1.82) is 0 Å². The molecule has 1 saturated heterocycles. The van der Waals surface area contributed by atoms with Crippen molar-refractivity contribution in [3.8, 4) is 5.75 Å². The summed E-state index contributed by atoms with van der Waals surface area (Å²) in [7, 11) is 0. The monoisotopic (exact) mass is 446 g/mol. The number of aliphatic hydroxyl groups is 2. The van der Waals surface area contributed by atoms with E-state index in [0.29, 0.717) is 29.3 Å².